The summed E-state index contributed by atoms with van der Waals surface area (Å²) in [5.74, 6) is 0.208. The molecule has 2 aromatic carbocycles. The van der Waals surface area contributed by atoms with E-state index in [0.29, 0.717) is 17.9 Å². The first kappa shape index (κ1) is 25.1. The van der Waals surface area contributed by atoms with Crippen molar-refractivity contribution in [1.82, 2.24) is 20.2 Å². The van der Waals surface area contributed by atoms with Crippen molar-refractivity contribution in [2.75, 3.05) is 13.1 Å². The Kier molecular flexibility index (Phi) is 7.49. The topological polar surface area (TPSA) is 141 Å². The zero-order valence-corrected chi connectivity index (χ0v) is 20.4. The van der Waals surface area contributed by atoms with Crippen LogP contribution < -0.4 is 11.1 Å². The first-order valence-corrected chi connectivity index (χ1v) is 12.1. The fraction of sp³-hybridized carbons (Fsp3) is 0.333. The molecule has 1 aliphatic heterocycles. The molecule has 0 unspecified atom stereocenters. The number of Topliss-reactive ketones (excluding diaryl/α,β-unsaturated/α-hetero) is 1. The smallest absolute Gasteiger partial charge is 0.405 e. The van der Waals surface area contributed by atoms with Crippen LogP contribution in [0.3, 0.4) is 0 Å². The van der Waals surface area contributed by atoms with Crippen LogP contribution in [-0.4, -0.2) is 56.9 Å². The number of carbonyl (C=O) groups is 3. The number of benzene rings is 2. The Morgan fingerprint density at radius 3 is 2.28 bits per heavy atom. The highest BCUT2D eigenvalue weighted by molar-refractivity contribution is 5.97. The van der Waals surface area contributed by atoms with Crippen LogP contribution >= 0.6 is 0 Å². The molecule has 0 saturated carbocycles. The van der Waals surface area contributed by atoms with Crippen LogP contribution in [0.2, 0.25) is 0 Å². The van der Waals surface area contributed by atoms with Crippen molar-refractivity contribution in [2.24, 2.45) is 11.7 Å². The number of H-pyrrole nitrogens is 1. The molecular formula is C27H31N5O4. The van der Waals surface area contributed by atoms with Gasteiger partial charge in [-0.2, -0.15) is 0 Å². The van der Waals surface area contributed by atoms with Crippen molar-refractivity contribution in [3.8, 4) is 22.4 Å². The van der Waals surface area contributed by atoms with E-state index in [9.17, 15) is 14.4 Å². The van der Waals surface area contributed by atoms with E-state index >= 15 is 0 Å². The number of nitrogens with one attached hydrogen (secondary N) is 2. The van der Waals surface area contributed by atoms with Gasteiger partial charge in [0.15, 0.2) is 5.78 Å². The van der Waals surface area contributed by atoms with E-state index in [4.69, 9.17) is 10.8 Å². The molecule has 0 spiro atoms. The predicted octanol–water partition coefficient (Wildman–Crippen LogP) is 3.84. The van der Waals surface area contributed by atoms with E-state index in [1.54, 1.807) is 23.2 Å². The second kappa shape index (κ2) is 10.7. The van der Waals surface area contributed by atoms with Gasteiger partial charge in [-0.25, -0.2) is 9.78 Å². The molecule has 4 rings (SSSR count). The van der Waals surface area contributed by atoms with Crippen LogP contribution in [0.1, 0.15) is 48.9 Å². The normalized spacial score (nSPS) is 16.2. The van der Waals surface area contributed by atoms with Gasteiger partial charge in [-0.3, -0.25) is 9.59 Å². The molecule has 9 heteroatoms. The number of aromatic nitrogens is 2. The van der Waals surface area contributed by atoms with Gasteiger partial charge in [0.05, 0.1) is 24.5 Å². The lowest BCUT2D eigenvalue weighted by Crippen LogP contribution is -2.50. The summed E-state index contributed by atoms with van der Waals surface area (Å²) in [5, 5.41) is 11.5. The minimum Gasteiger partial charge on any atom is -0.465 e. The third-order valence-corrected chi connectivity index (χ3v) is 6.58. The minimum atomic E-state index is -1.21. The largest absolute Gasteiger partial charge is 0.465 e. The monoisotopic (exact) mass is 489 g/mol. The van der Waals surface area contributed by atoms with Gasteiger partial charge in [-0.05, 0) is 35.4 Å². The number of imidazole rings is 1. The average Bonchev–Trinajstić information content (AvgIpc) is 3.56. The lowest BCUT2D eigenvalue weighted by molar-refractivity contribution is -0.135. The number of likely N-dealkylation sites (tertiary alicyclic amines) is 1. The van der Waals surface area contributed by atoms with Gasteiger partial charge >= 0.3 is 6.09 Å². The van der Waals surface area contributed by atoms with Crippen LogP contribution in [0.4, 0.5) is 4.79 Å². The number of carbonyl (C=O) groups excluding carboxylic acids is 2. The molecule has 1 saturated heterocycles. The van der Waals surface area contributed by atoms with Crippen LogP contribution in [-0.2, 0) is 4.79 Å². The lowest BCUT2D eigenvalue weighted by atomic mass is 10.0. The van der Waals surface area contributed by atoms with Gasteiger partial charge in [-0.15, -0.1) is 0 Å². The van der Waals surface area contributed by atoms with Gasteiger partial charge in [0.25, 0.3) is 0 Å². The summed E-state index contributed by atoms with van der Waals surface area (Å²) in [6, 6.07) is 14.3. The third-order valence-electron chi connectivity index (χ3n) is 6.58. The van der Waals surface area contributed by atoms with E-state index in [0.717, 1.165) is 35.2 Å². The van der Waals surface area contributed by atoms with Crippen molar-refractivity contribution in [1.29, 1.82) is 0 Å². The van der Waals surface area contributed by atoms with Crippen molar-refractivity contribution in [3.63, 3.8) is 0 Å². The van der Waals surface area contributed by atoms with E-state index in [1.807, 2.05) is 50.2 Å². The molecule has 1 fully saturated rings. The van der Waals surface area contributed by atoms with Crippen molar-refractivity contribution in [3.05, 3.63) is 66.1 Å². The SMILES string of the molecule is CC(C)[C@@H](NC(=O)O)C(=O)N1CCC[C@H]1c1ncc(-c2ccc(-c3ccc(C(=O)CN)cc3)cc2)[nH]1. The van der Waals surface area contributed by atoms with E-state index in [-0.39, 0.29) is 30.2 Å². The zero-order valence-electron chi connectivity index (χ0n) is 20.4. The van der Waals surface area contributed by atoms with Crippen molar-refractivity contribution in [2.45, 2.75) is 38.8 Å². The molecule has 1 aromatic heterocycles. The molecule has 3 aromatic rings. The molecule has 0 radical (unpaired) electrons. The number of carboxylic acid groups (broad SMARTS) is 1. The molecular weight excluding hydrogens is 458 g/mol. The van der Waals surface area contributed by atoms with Crippen molar-refractivity contribution >= 4 is 17.8 Å². The molecule has 1 aliphatic rings. The highest BCUT2D eigenvalue weighted by Crippen LogP contribution is 2.33. The third kappa shape index (κ3) is 5.31. The Bertz CT molecular complexity index is 1230. The Balaban J connectivity index is 1.49. The molecule has 5 N–H and O–H groups in total. The summed E-state index contributed by atoms with van der Waals surface area (Å²) < 4.78 is 0. The Morgan fingerprint density at radius 2 is 1.69 bits per heavy atom. The first-order chi connectivity index (χ1) is 17.3. The highest BCUT2D eigenvalue weighted by Gasteiger charge is 2.37. The number of amides is 2. The second-order valence-electron chi connectivity index (χ2n) is 9.32. The van der Waals surface area contributed by atoms with E-state index in [2.05, 4.69) is 15.3 Å². The van der Waals surface area contributed by atoms with Crippen LogP contribution in [0.15, 0.2) is 54.7 Å². The maximum atomic E-state index is 13.2. The summed E-state index contributed by atoms with van der Waals surface area (Å²) >= 11 is 0. The summed E-state index contributed by atoms with van der Waals surface area (Å²) in [6.07, 6.45) is 2.14. The first-order valence-electron chi connectivity index (χ1n) is 12.1. The summed E-state index contributed by atoms with van der Waals surface area (Å²) in [4.78, 5) is 45.7. The molecule has 2 amide bonds. The Morgan fingerprint density at radius 1 is 1.08 bits per heavy atom. The standard InChI is InChI=1S/C27H31N5O4/c1-16(2)24(31-27(35)36)26(34)32-13-3-4-22(32)25-29-15-21(30-25)19-9-5-17(6-10-19)18-7-11-20(12-8-18)23(33)14-28/h5-12,15-16,22,24,31H,3-4,13-14,28H2,1-2H3,(H,29,30)(H,35,36)/t22-,24+/m0/s1. The van der Waals surface area contributed by atoms with Crippen molar-refractivity contribution < 1.29 is 19.5 Å². The number of hydrogen-bond acceptors (Lipinski definition) is 5. The molecule has 9 nitrogen and oxygen atoms in total. The van der Waals surface area contributed by atoms with Gasteiger partial charge in [0.1, 0.15) is 11.9 Å². The van der Waals surface area contributed by atoms with Crippen LogP contribution in [0.5, 0.6) is 0 Å². The summed E-state index contributed by atoms with van der Waals surface area (Å²) in [6.45, 7) is 4.21. The number of aromatic amines is 1. The molecule has 2 atom stereocenters. The quantitative estimate of drug-likeness (QED) is 0.354. The van der Waals surface area contributed by atoms with E-state index < -0.39 is 12.1 Å². The summed E-state index contributed by atoms with van der Waals surface area (Å²) in [7, 11) is 0. The summed E-state index contributed by atoms with van der Waals surface area (Å²) in [5.41, 5.74) is 9.83. The number of hydrogen-bond donors (Lipinski definition) is 4. The van der Waals surface area contributed by atoms with Gasteiger partial charge in [0.2, 0.25) is 5.91 Å². The van der Waals surface area contributed by atoms with E-state index in [1.165, 1.54) is 0 Å². The maximum Gasteiger partial charge on any atom is 0.405 e. The molecule has 36 heavy (non-hydrogen) atoms. The lowest BCUT2D eigenvalue weighted by Gasteiger charge is -2.29. The maximum absolute atomic E-state index is 13.2. The van der Waals surface area contributed by atoms with Crippen LogP contribution in [0.25, 0.3) is 22.4 Å². The number of nitrogens with zero attached hydrogens (tertiary/aromatic N) is 2. The number of ketones is 1. The van der Waals surface area contributed by atoms with Gasteiger partial charge in [0, 0.05) is 12.1 Å². The Hall–Kier alpha value is -3.98. The van der Waals surface area contributed by atoms with Crippen LogP contribution in [0, 0.1) is 5.92 Å². The molecule has 2 heterocycles. The second-order valence-corrected chi connectivity index (χ2v) is 9.32. The minimum absolute atomic E-state index is 0.00940. The zero-order chi connectivity index (χ0) is 25.8. The predicted molar refractivity (Wildman–Crippen MR) is 136 cm³/mol. The van der Waals surface area contributed by atoms with Gasteiger partial charge in [-0.1, -0.05) is 62.4 Å². The Labute approximate surface area is 209 Å². The molecule has 0 bridgehead atoms. The number of rotatable bonds is 8. The average molecular weight is 490 g/mol. The fourth-order valence-corrected chi connectivity index (χ4v) is 4.60. The number of nitrogens with two attached hydrogens (primary N) is 1. The highest BCUT2D eigenvalue weighted by atomic mass is 16.4. The molecule has 0 aliphatic carbocycles. The fourth-order valence-electron chi connectivity index (χ4n) is 4.60. The van der Waals surface area contributed by atoms with Gasteiger partial charge < -0.3 is 26.0 Å². The molecule has 188 valence electrons.